The minimum absolute atomic E-state index is 0.976. The third kappa shape index (κ3) is 4.67. The van der Waals surface area contributed by atoms with Crippen molar-refractivity contribution in [3.8, 4) is 50.5 Å². The second kappa shape index (κ2) is 11.7. The Morgan fingerprint density at radius 2 is 0.940 bits per heavy atom. The first-order chi connectivity index (χ1) is 24.8. The Hall–Kier alpha value is -6.29. The Morgan fingerprint density at radius 3 is 1.62 bits per heavy atom. The first-order valence-corrected chi connectivity index (χ1v) is 17.8. The molecular formula is C47H30N2S. The van der Waals surface area contributed by atoms with Gasteiger partial charge in [0.25, 0.3) is 0 Å². The van der Waals surface area contributed by atoms with Gasteiger partial charge < -0.3 is 4.57 Å². The van der Waals surface area contributed by atoms with E-state index in [1.807, 2.05) is 11.3 Å². The van der Waals surface area contributed by atoms with E-state index in [0.717, 1.165) is 28.2 Å². The van der Waals surface area contributed by atoms with Crippen molar-refractivity contribution in [2.75, 3.05) is 0 Å². The molecule has 0 aliphatic rings. The summed E-state index contributed by atoms with van der Waals surface area (Å²) >= 11 is 1.91. The molecule has 50 heavy (non-hydrogen) atoms. The predicted molar refractivity (Wildman–Crippen MR) is 213 cm³/mol. The minimum atomic E-state index is 0.976. The van der Waals surface area contributed by atoms with Crippen molar-refractivity contribution < 1.29 is 0 Å². The van der Waals surface area contributed by atoms with Crippen molar-refractivity contribution >= 4 is 53.3 Å². The van der Waals surface area contributed by atoms with Crippen molar-refractivity contribution in [3.63, 3.8) is 0 Å². The molecule has 0 atom stereocenters. The van der Waals surface area contributed by atoms with E-state index >= 15 is 0 Å². The summed E-state index contributed by atoms with van der Waals surface area (Å²) in [6.07, 6.45) is 0. The van der Waals surface area contributed by atoms with Crippen LogP contribution in [0.1, 0.15) is 0 Å². The number of para-hydroxylation sites is 1. The van der Waals surface area contributed by atoms with Crippen molar-refractivity contribution in [2.45, 2.75) is 0 Å². The van der Waals surface area contributed by atoms with Gasteiger partial charge in [-0.2, -0.15) is 0 Å². The van der Waals surface area contributed by atoms with E-state index in [0.29, 0.717) is 0 Å². The molecule has 0 aliphatic carbocycles. The van der Waals surface area contributed by atoms with Crippen LogP contribution < -0.4 is 0 Å². The summed E-state index contributed by atoms with van der Waals surface area (Å²) in [5.74, 6) is 0. The van der Waals surface area contributed by atoms with Gasteiger partial charge in [0.2, 0.25) is 0 Å². The smallest absolute Gasteiger partial charge is 0.0715 e. The topological polar surface area (TPSA) is 17.8 Å². The molecule has 7 aromatic carbocycles. The molecule has 0 saturated heterocycles. The molecule has 3 heteroatoms. The van der Waals surface area contributed by atoms with E-state index in [4.69, 9.17) is 4.98 Å². The molecule has 0 amide bonds. The van der Waals surface area contributed by atoms with Gasteiger partial charge in [0.15, 0.2) is 0 Å². The molecule has 234 valence electrons. The molecule has 10 aromatic rings. The van der Waals surface area contributed by atoms with E-state index in [9.17, 15) is 0 Å². The lowest BCUT2D eigenvalue weighted by Crippen LogP contribution is -1.93. The fourth-order valence-electron chi connectivity index (χ4n) is 7.45. The van der Waals surface area contributed by atoms with E-state index in [1.165, 1.54) is 64.2 Å². The monoisotopic (exact) mass is 654 g/mol. The number of nitrogens with zero attached hydrogens (tertiary/aromatic N) is 2. The highest BCUT2D eigenvalue weighted by Gasteiger charge is 2.19. The Morgan fingerprint density at radius 1 is 0.380 bits per heavy atom. The highest BCUT2D eigenvalue weighted by atomic mass is 32.1. The Balaban J connectivity index is 1.19. The van der Waals surface area contributed by atoms with E-state index in [1.54, 1.807) is 0 Å². The third-order valence-electron chi connectivity index (χ3n) is 9.81. The van der Waals surface area contributed by atoms with Gasteiger partial charge in [-0.1, -0.05) is 146 Å². The number of hydrogen-bond acceptors (Lipinski definition) is 2. The molecule has 3 heterocycles. The van der Waals surface area contributed by atoms with Crippen molar-refractivity contribution in [1.82, 2.24) is 9.55 Å². The normalized spacial score (nSPS) is 11.6. The maximum absolute atomic E-state index is 5.15. The molecule has 0 bridgehead atoms. The summed E-state index contributed by atoms with van der Waals surface area (Å²) < 4.78 is 5.04. The van der Waals surface area contributed by atoms with Gasteiger partial charge in [-0.05, 0) is 58.7 Å². The molecule has 2 nitrogen and oxygen atoms in total. The molecule has 3 aromatic heterocycles. The summed E-state index contributed by atoms with van der Waals surface area (Å²) in [6, 6.07) is 65.3. The fourth-order valence-corrected chi connectivity index (χ4v) is 8.84. The molecule has 0 spiro atoms. The van der Waals surface area contributed by atoms with Gasteiger partial charge in [0.1, 0.15) is 0 Å². The van der Waals surface area contributed by atoms with Crippen LogP contribution in [0.15, 0.2) is 182 Å². The average molecular weight is 655 g/mol. The molecule has 0 unspecified atom stereocenters. The van der Waals surface area contributed by atoms with Crippen LogP contribution in [0.3, 0.4) is 0 Å². The van der Waals surface area contributed by atoms with Crippen molar-refractivity contribution in [1.29, 1.82) is 0 Å². The zero-order valence-electron chi connectivity index (χ0n) is 27.1. The summed E-state index contributed by atoms with van der Waals surface area (Å²) in [5.41, 5.74) is 12.6. The van der Waals surface area contributed by atoms with E-state index in [2.05, 4.69) is 187 Å². The molecular weight excluding hydrogens is 625 g/mol. The van der Waals surface area contributed by atoms with Crippen LogP contribution in [0.5, 0.6) is 0 Å². The standard InChI is InChI=1S/C47H30N2S/c1-4-13-31(14-5-1)32-23-25-36(26-24-32)49-43-22-11-10-19-40(43)45-44(49)28-27-39-38-21-12-20-37(46(38)50-47(39)45)35-29-41(33-15-6-2-7-16-33)48-42(30-35)34-17-8-3-9-18-34/h1-30H. The molecule has 0 N–H and O–H groups in total. The summed E-state index contributed by atoms with van der Waals surface area (Å²) in [4.78, 5) is 5.15. The number of rotatable bonds is 5. The lowest BCUT2D eigenvalue weighted by atomic mass is 9.98. The number of fused-ring (bicyclic) bond motifs is 7. The SMILES string of the molecule is c1ccc(-c2ccc(-n3c4ccccc4c4c5sc6c(-c7cc(-c8ccccc8)nc(-c8ccccc8)c7)cccc6c5ccc43)cc2)cc1. The second-order valence-corrected chi connectivity index (χ2v) is 13.8. The Bertz CT molecular complexity index is 2770. The fraction of sp³-hybridized carbons (Fsp3) is 0. The van der Waals surface area contributed by atoms with Crippen LogP contribution in [-0.2, 0) is 0 Å². The third-order valence-corrected chi connectivity index (χ3v) is 11.1. The highest BCUT2D eigenvalue weighted by molar-refractivity contribution is 7.27. The average Bonchev–Trinajstić information content (AvgIpc) is 3.75. The Kier molecular flexibility index (Phi) is 6.71. The van der Waals surface area contributed by atoms with Crippen LogP contribution in [0.25, 0.3) is 92.4 Å². The first-order valence-electron chi connectivity index (χ1n) is 17.0. The van der Waals surface area contributed by atoms with Crippen LogP contribution >= 0.6 is 11.3 Å². The zero-order valence-corrected chi connectivity index (χ0v) is 27.9. The number of hydrogen-bond donors (Lipinski definition) is 0. The number of aromatic nitrogens is 2. The Labute approximate surface area is 294 Å². The van der Waals surface area contributed by atoms with Gasteiger partial charge in [-0.3, -0.25) is 0 Å². The molecule has 10 rings (SSSR count). The van der Waals surface area contributed by atoms with Crippen molar-refractivity contribution in [3.05, 3.63) is 182 Å². The lowest BCUT2D eigenvalue weighted by Gasteiger charge is -2.11. The number of thiophene rings is 1. The van der Waals surface area contributed by atoms with Crippen molar-refractivity contribution in [2.24, 2.45) is 0 Å². The largest absolute Gasteiger partial charge is 0.309 e. The first kappa shape index (κ1) is 28.7. The number of pyridine rings is 1. The molecule has 0 fully saturated rings. The van der Waals surface area contributed by atoms with Gasteiger partial charge >= 0.3 is 0 Å². The molecule has 0 saturated carbocycles. The second-order valence-electron chi connectivity index (χ2n) is 12.7. The van der Waals surface area contributed by atoms with Gasteiger partial charge in [-0.15, -0.1) is 11.3 Å². The maximum atomic E-state index is 5.15. The minimum Gasteiger partial charge on any atom is -0.309 e. The summed E-state index contributed by atoms with van der Waals surface area (Å²) in [6.45, 7) is 0. The van der Waals surface area contributed by atoms with Gasteiger partial charge in [0.05, 0.1) is 22.4 Å². The van der Waals surface area contributed by atoms with Crippen LogP contribution in [0.2, 0.25) is 0 Å². The van der Waals surface area contributed by atoms with Gasteiger partial charge in [0, 0.05) is 47.8 Å². The van der Waals surface area contributed by atoms with Crippen LogP contribution in [-0.4, -0.2) is 9.55 Å². The maximum Gasteiger partial charge on any atom is 0.0715 e. The quantitative estimate of drug-likeness (QED) is 0.181. The van der Waals surface area contributed by atoms with Crippen LogP contribution in [0, 0.1) is 0 Å². The van der Waals surface area contributed by atoms with Crippen LogP contribution in [0.4, 0.5) is 0 Å². The molecule has 0 aliphatic heterocycles. The van der Waals surface area contributed by atoms with E-state index < -0.39 is 0 Å². The predicted octanol–water partition coefficient (Wildman–Crippen LogP) is 13.2. The lowest BCUT2D eigenvalue weighted by molar-refractivity contribution is 1.18. The summed E-state index contributed by atoms with van der Waals surface area (Å²) in [5, 5.41) is 5.16. The van der Waals surface area contributed by atoms with Gasteiger partial charge in [-0.25, -0.2) is 4.98 Å². The number of benzene rings is 7. The van der Waals surface area contributed by atoms with E-state index in [-0.39, 0.29) is 0 Å². The summed E-state index contributed by atoms with van der Waals surface area (Å²) in [7, 11) is 0. The zero-order chi connectivity index (χ0) is 33.0. The molecule has 0 radical (unpaired) electrons. The highest BCUT2D eigenvalue weighted by Crippen LogP contribution is 2.46.